The van der Waals surface area contributed by atoms with Crippen molar-refractivity contribution in [1.82, 2.24) is 19.5 Å². The van der Waals surface area contributed by atoms with Crippen molar-refractivity contribution in [3.05, 3.63) is 231 Å². The van der Waals surface area contributed by atoms with Crippen molar-refractivity contribution in [3.8, 4) is 73.2 Å². The summed E-state index contributed by atoms with van der Waals surface area (Å²) in [6.07, 6.45) is 0. The van der Waals surface area contributed by atoms with Crippen LogP contribution in [0.25, 0.3) is 139 Å². The van der Waals surface area contributed by atoms with Crippen LogP contribution in [-0.2, 0) is 0 Å². The maximum Gasteiger partial charge on any atom is 0.164 e. The van der Waals surface area contributed by atoms with Crippen molar-refractivity contribution in [2.24, 2.45) is 0 Å². The number of para-hydroxylation sites is 2. The van der Waals surface area contributed by atoms with Gasteiger partial charge in [0.15, 0.2) is 17.5 Å². The van der Waals surface area contributed by atoms with E-state index >= 15 is 0 Å². The smallest absolute Gasteiger partial charge is 0.164 e. The van der Waals surface area contributed by atoms with Crippen LogP contribution >= 0.6 is 0 Å². The summed E-state index contributed by atoms with van der Waals surface area (Å²) >= 11 is 0. The van der Waals surface area contributed by atoms with Crippen molar-refractivity contribution in [2.75, 3.05) is 0 Å². The summed E-state index contributed by atoms with van der Waals surface area (Å²) in [5, 5.41) is 6.36. The summed E-state index contributed by atoms with van der Waals surface area (Å²) < 4.78 is 16.0. The molecule has 4 aromatic heterocycles. The lowest BCUT2D eigenvalue weighted by molar-refractivity contribution is 0.668. The van der Waals surface area contributed by atoms with Crippen LogP contribution in [0.3, 0.4) is 0 Å². The molecule has 0 radical (unpaired) electrons. The highest BCUT2D eigenvalue weighted by Crippen LogP contribution is 2.45. The van der Waals surface area contributed by atoms with Crippen molar-refractivity contribution in [3.63, 3.8) is 0 Å². The molecule has 6 heteroatoms. The van der Waals surface area contributed by atoms with Gasteiger partial charge in [-0.25, -0.2) is 15.0 Å². The fourth-order valence-corrected chi connectivity index (χ4v) is 10.2. The molecule has 0 aliphatic rings. The predicted molar refractivity (Wildman–Crippen MR) is 281 cm³/mol. The lowest BCUT2D eigenvalue weighted by Gasteiger charge is -2.15. The Hall–Kier alpha value is -9.39. The molecule has 0 atom stereocenters. The predicted octanol–water partition coefficient (Wildman–Crippen LogP) is 16.8. The first-order chi connectivity index (χ1) is 34.2. The standard InChI is InChI=1S/C63H38N4O2/c1-4-15-39(16-5-1)41-27-29-43(30-28-41)62-64-61(42-19-8-3-9-20-42)65-63(66-62)49-23-14-26-57-59(49)51-38-45(32-36-56(51)68-57)58-54(35-33-48-47-22-11-13-25-55(47)69-60(48)58)67-52-24-12-10-21-46(52)50-37-44(31-34-53(50)67)40-17-6-2-7-18-40/h1-38H. The van der Waals surface area contributed by atoms with Gasteiger partial charge in [0.05, 0.1) is 16.7 Å². The summed E-state index contributed by atoms with van der Waals surface area (Å²) in [6, 6.07) is 80.4. The number of rotatable bonds is 7. The third-order valence-electron chi connectivity index (χ3n) is 13.5. The minimum Gasteiger partial charge on any atom is -0.456 e. The SMILES string of the molecule is c1ccc(-c2ccc(-c3nc(-c4ccccc4)nc(-c4cccc5oc6ccc(-c7c(-n8c9ccccc9c9cc(-c%10ccccc%10)ccc98)ccc8c7oc7ccccc78)cc6c45)n3)cc2)cc1. The molecule has 0 N–H and O–H groups in total. The van der Waals surface area contributed by atoms with E-state index in [-0.39, 0.29) is 0 Å². The molecular formula is C63H38N4O2. The van der Waals surface area contributed by atoms with E-state index in [1.54, 1.807) is 0 Å². The molecule has 14 rings (SSSR count). The fourth-order valence-electron chi connectivity index (χ4n) is 10.2. The zero-order valence-electron chi connectivity index (χ0n) is 37.0. The molecule has 10 aromatic carbocycles. The monoisotopic (exact) mass is 882 g/mol. The van der Waals surface area contributed by atoms with E-state index < -0.39 is 0 Å². The van der Waals surface area contributed by atoms with Gasteiger partial charge >= 0.3 is 0 Å². The molecule has 0 aliphatic heterocycles. The molecule has 0 aliphatic carbocycles. The molecule has 0 spiro atoms. The zero-order chi connectivity index (χ0) is 45.4. The fraction of sp³-hybridized carbons (Fsp3) is 0. The Balaban J connectivity index is 0.993. The van der Waals surface area contributed by atoms with Gasteiger partial charge in [0.1, 0.15) is 22.3 Å². The van der Waals surface area contributed by atoms with Crippen LogP contribution in [0.1, 0.15) is 0 Å². The molecule has 0 saturated carbocycles. The Kier molecular flexibility index (Phi) is 8.79. The van der Waals surface area contributed by atoms with Gasteiger partial charge in [0.25, 0.3) is 0 Å². The highest BCUT2D eigenvalue weighted by Gasteiger charge is 2.24. The summed E-state index contributed by atoms with van der Waals surface area (Å²) in [4.78, 5) is 15.5. The molecule has 0 bridgehead atoms. The first-order valence-electron chi connectivity index (χ1n) is 23.2. The van der Waals surface area contributed by atoms with Crippen LogP contribution in [0.15, 0.2) is 239 Å². The molecule has 0 saturated heterocycles. The Labute approximate surface area is 396 Å². The van der Waals surface area contributed by atoms with E-state index in [1.807, 2.05) is 60.7 Å². The van der Waals surface area contributed by atoms with E-state index in [0.717, 1.165) is 99.5 Å². The lowest BCUT2D eigenvalue weighted by Crippen LogP contribution is -2.00. The van der Waals surface area contributed by atoms with Gasteiger partial charge in [-0.05, 0) is 82.4 Å². The van der Waals surface area contributed by atoms with Gasteiger partial charge in [-0.3, -0.25) is 0 Å². The number of hydrogen-bond donors (Lipinski definition) is 0. The van der Waals surface area contributed by atoms with Crippen LogP contribution in [0.5, 0.6) is 0 Å². The third-order valence-corrected chi connectivity index (χ3v) is 13.5. The van der Waals surface area contributed by atoms with E-state index in [9.17, 15) is 0 Å². The van der Waals surface area contributed by atoms with E-state index in [4.69, 9.17) is 23.8 Å². The minimum atomic E-state index is 0.560. The minimum absolute atomic E-state index is 0.560. The second kappa shape index (κ2) is 15.6. The molecule has 322 valence electrons. The van der Waals surface area contributed by atoms with Crippen LogP contribution in [-0.4, -0.2) is 19.5 Å². The molecule has 0 unspecified atom stereocenters. The Morgan fingerprint density at radius 1 is 0.304 bits per heavy atom. The Bertz CT molecular complexity index is 4290. The van der Waals surface area contributed by atoms with Crippen molar-refractivity contribution in [1.29, 1.82) is 0 Å². The molecule has 0 fully saturated rings. The van der Waals surface area contributed by atoms with Gasteiger partial charge in [0, 0.05) is 54.6 Å². The number of hydrogen-bond acceptors (Lipinski definition) is 5. The second-order valence-corrected chi connectivity index (χ2v) is 17.5. The van der Waals surface area contributed by atoms with Crippen LogP contribution in [0, 0.1) is 0 Å². The summed E-state index contributed by atoms with van der Waals surface area (Å²) in [5.41, 5.74) is 15.7. The Morgan fingerprint density at radius 3 is 1.61 bits per heavy atom. The molecule has 4 heterocycles. The van der Waals surface area contributed by atoms with Crippen molar-refractivity contribution < 1.29 is 8.83 Å². The van der Waals surface area contributed by atoms with E-state index in [2.05, 4.69) is 174 Å². The van der Waals surface area contributed by atoms with Gasteiger partial charge in [-0.15, -0.1) is 0 Å². The average Bonchev–Trinajstić information content (AvgIpc) is 4.10. The average molecular weight is 883 g/mol. The highest BCUT2D eigenvalue weighted by molar-refractivity contribution is 6.17. The van der Waals surface area contributed by atoms with Crippen LogP contribution in [0.2, 0.25) is 0 Å². The number of aromatic nitrogens is 4. The highest BCUT2D eigenvalue weighted by atomic mass is 16.3. The number of fused-ring (bicyclic) bond motifs is 9. The molecule has 69 heavy (non-hydrogen) atoms. The Morgan fingerprint density at radius 2 is 0.841 bits per heavy atom. The summed E-state index contributed by atoms with van der Waals surface area (Å²) in [6.45, 7) is 0. The topological polar surface area (TPSA) is 69.9 Å². The molecular weight excluding hydrogens is 845 g/mol. The van der Waals surface area contributed by atoms with E-state index in [0.29, 0.717) is 17.5 Å². The quantitative estimate of drug-likeness (QED) is 0.159. The first-order valence-corrected chi connectivity index (χ1v) is 23.2. The maximum atomic E-state index is 6.93. The molecule has 6 nitrogen and oxygen atoms in total. The lowest BCUT2D eigenvalue weighted by atomic mass is 9.97. The van der Waals surface area contributed by atoms with Crippen molar-refractivity contribution in [2.45, 2.75) is 0 Å². The molecule has 0 amide bonds. The molecule has 14 aromatic rings. The van der Waals surface area contributed by atoms with Gasteiger partial charge in [-0.2, -0.15) is 0 Å². The maximum absolute atomic E-state index is 6.93. The van der Waals surface area contributed by atoms with Gasteiger partial charge in [-0.1, -0.05) is 176 Å². The normalized spacial score (nSPS) is 11.8. The van der Waals surface area contributed by atoms with Crippen LogP contribution < -0.4 is 0 Å². The first kappa shape index (κ1) is 38.8. The van der Waals surface area contributed by atoms with E-state index in [1.165, 1.54) is 21.9 Å². The summed E-state index contributed by atoms with van der Waals surface area (Å²) in [7, 11) is 0. The number of furan rings is 2. The second-order valence-electron chi connectivity index (χ2n) is 17.5. The van der Waals surface area contributed by atoms with Gasteiger partial charge in [0.2, 0.25) is 0 Å². The largest absolute Gasteiger partial charge is 0.456 e. The number of nitrogens with zero attached hydrogens (tertiary/aromatic N) is 4. The number of benzene rings is 10. The third kappa shape index (κ3) is 6.38. The van der Waals surface area contributed by atoms with Gasteiger partial charge < -0.3 is 13.4 Å². The van der Waals surface area contributed by atoms with Crippen molar-refractivity contribution >= 4 is 65.7 Å². The van der Waals surface area contributed by atoms with Crippen LogP contribution in [0.4, 0.5) is 0 Å². The summed E-state index contributed by atoms with van der Waals surface area (Å²) in [5.74, 6) is 1.74. The zero-order valence-corrected chi connectivity index (χ0v) is 37.0.